The van der Waals surface area contributed by atoms with Gasteiger partial charge in [0.2, 0.25) is 0 Å². The van der Waals surface area contributed by atoms with Gasteiger partial charge in [-0.15, -0.1) is 0 Å². The van der Waals surface area contributed by atoms with E-state index in [1.807, 2.05) is 13.1 Å². The molecule has 0 radical (unpaired) electrons. The Bertz CT molecular complexity index is 593. The molecular formula is C14H15FN2O2. The second kappa shape index (κ2) is 5.65. The van der Waals surface area contributed by atoms with Crippen LogP contribution in [0.15, 0.2) is 30.5 Å². The summed E-state index contributed by atoms with van der Waals surface area (Å²) in [6.45, 7) is 1.76. The molecule has 0 aliphatic heterocycles. The fourth-order valence-corrected chi connectivity index (χ4v) is 1.75. The summed E-state index contributed by atoms with van der Waals surface area (Å²) >= 11 is 0. The lowest BCUT2D eigenvalue weighted by Crippen LogP contribution is -2.07. The fraction of sp³-hybridized carbons (Fsp3) is 0.286. The number of hydrogen-bond donors (Lipinski definition) is 0. The first-order chi connectivity index (χ1) is 9.08. The number of carbonyl (C=O) groups is 1. The van der Waals surface area contributed by atoms with Gasteiger partial charge in [-0.05, 0) is 31.2 Å². The lowest BCUT2D eigenvalue weighted by molar-refractivity contribution is 0.101. The topological polar surface area (TPSA) is 44.1 Å². The molecule has 0 atom stereocenters. The maximum absolute atomic E-state index is 13.7. The van der Waals surface area contributed by atoms with Crippen LogP contribution in [0.25, 0.3) is 0 Å². The summed E-state index contributed by atoms with van der Waals surface area (Å²) in [7, 11) is 1.84. The Morgan fingerprint density at radius 1 is 1.42 bits per heavy atom. The van der Waals surface area contributed by atoms with Crippen LogP contribution >= 0.6 is 0 Å². The Labute approximate surface area is 110 Å². The Kier molecular flexibility index (Phi) is 3.94. The van der Waals surface area contributed by atoms with Crippen molar-refractivity contribution in [1.82, 2.24) is 9.78 Å². The van der Waals surface area contributed by atoms with Crippen LogP contribution in [0.4, 0.5) is 4.39 Å². The summed E-state index contributed by atoms with van der Waals surface area (Å²) in [5, 5.41) is 4.04. The first-order valence-electron chi connectivity index (χ1n) is 5.98. The molecule has 100 valence electrons. The van der Waals surface area contributed by atoms with Crippen molar-refractivity contribution in [3.63, 3.8) is 0 Å². The predicted octanol–water partition coefficient (Wildman–Crippen LogP) is 2.38. The Morgan fingerprint density at radius 3 is 2.79 bits per heavy atom. The maximum Gasteiger partial charge on any atom is 0.165 e. The highest BCUT2D eigenvalue weighted by Gasteiger charge is 2.08. The van der Waals surface area contributed by atoms with Crippen LogP contribution in [-0.4, -0.2) is 22.2 Å². The molecule has 1 heterocycles. The van der Waals surface area contributed by atoms with Crippen molar-refractivity contribution in [1.29, 1.82) is 0 Å². The maximum atomic E-state index is 13.7. The number of rotatable bonds is 5. The second-order valence-electron chi connectivity index (χ2n) is 4.25. The number of hydrogen-bond acceptors (Lipinski definition) is 3. The highest BCUT2D eigenvalue weighted by atomic mass is 19.1. The molecule has 0 fully saturated rings. The van der Waals surface area contributed by atoms with Crippen molar-refractivity contribution in [3.05, 3.63) is 47.5 Å². The van der Waals surface area contributed by atoms with E-state index in [9.17, 15) is 9.18 Å². The van der Waals surface area contributed by atoms with Crippen LogP contribution in [0.2, 0.25) is 0 Å². The SMILES string of the molecule is CC(=O)c1ccc(OCCc2ccnn2C)c(F)c1. The monoisotopic (exact) mass is 262 g/mol. The molecule has 0 aliphatic carbocycles. The molecule has 0 bridgehead atoms. The molecule has 0 aliphatic rings. The first kappa shape index (κ1) is 13.3. The fourth-order valence-electron chi connectivity index (χ4n) is 1.75. The number of ether oxygens (including phenoxy) is 1. The summed E-state index contributed by atoms with van der Waals surface area (Å²) in [4.78, 5) is 11.1. The standard InChI is InChI=1S/C14H15FN2O2/c1-10(18)11-3-4-14(13(15)9-11)19-8-6-12-5-7-16-17(12)2/h3-5,7,9H,6,8H2,1-2H3. The number of benzene rings is 1. The average Bonchev–Trinajstić information content (AvgIpc) is 2.77. The highest BCUT2D eigenvalue weighted by Crippen LogP contribution is 2.18. The first-order valence-corrected chi connectivity index (χ1v) is 5.98. The molecular weight excluding hydrogens is 247 g/mol. The van der Waals surface area contributed by atoms with Crippen LogP contribution < -0.4 is 4.74 Å². The Morgan fingerprint density at radius 2 is 2.21 bits per heavy atom. The van der Waals surface area contributed by atoms with Crippen LogP contribution in [0.1, 0.15) is 23.0 Å². The quantitative estimate of drug-likeness (QED) is 0.777. The van der Waals surface area contributed by atoms with Crippen LogP contribution in [-0.2, 0) is 13.5 Å². The van der Waals surface area contributed by atoms with Crippen LogP contribution in [0, 0.1) is 5.82 Å². The molecule has 1 aromatic heterocycles. The van der Waals surface area contributed by atoms with E-state index in [2.05, 4.69) is 5.10 Å². The third kappa shape index (κ3) is 3.19. The molecule has 0 amide bonds. The van der Waals surface area contributed by atoms with Crippen molar-refractivity contribution in [2.45, 2.75) is 13.3 Å². The average molecular weight is 262 g/mol. The number of nitrogens with zero attached hydrogens (tertiary/aromatic N) is 2. The van der Waals surface area contributed by atoms with Gasteiger partial charge in [-0.1, -0.05) is 0 Å². The van der Waals surface area contributed by atoms with Gasteiger partial charge in [-0.25, -0.2) is 4.39 Å². The third-order valence-electron chi connectivity index (χ3n) is 2.88. The molecule has 0 spiro atoms. The number of halogens is 1. The molecule has 0 unspecified atom stereocenters. The van der Waals surface area contributed by atoms with Crippen molar-refractivity contribution in [2.75, 3.05) is 6.61 Å². The van der Waals surface area contributed by atoms with Crippen LogP contribution in [0.5, 0.6) is 5.75 Å². The zero-order valence-electron chi connectivity index (χ0n) is 10.9. The third-order valence-corrected chi connectivity index (χ3v) is 2.88. The number of Topliss-reactive ketones (excluding diaryl/α,β-unsaturated/α-hetero) is 1. The number of aryl methyl sites for hydroxylation is 1. The Hall–Kier alpha value is -2.17. The molecule has 0 N–H and O–H groups in total. The van der Waals surface area contributed by atoms with E-state index in [1.54, 1.807) is 16.9 Å². The Balaban J connectivity index is 1.96. The van der Waals surface area contributed by atoms with Crippen LogP contribution in [0.3, 0.4) is 0 Å². The van der Waals surface area contributed by atoms with E-state index in [0.29, 0.717) is 18.6 Å². The van der Waals surface area contributed by atoms with Crippen molar-refractivity contribution < 1.29 is 13.9 Å². The summed E-state index contributed by atoms with van der Waals surface area (Å²) in [6.07, 6.45) is 2.35. The van der Waals surface area contributed by atoms with Gasteiger partial charge in [0, 0.05) is 30.9 Å². The lowest BCUT2D eigenvalue weighted by atomic mass is 10.1. The molecule has 2 aromatic rings. The summed E-state index contributed by atoms with van der Waals surface area (Å²) < 4.78 is 20.8. The van der Waals surface area contributed by atoms with E-state index in [1.165, 1.54) is 19.1 Å². The van der Waals surface area contributed by atoms with Gasteiger partial charge in [-0.3, -0.25) is 9.48 Å². The predicted molar refractivity (Wildman–Crippen MR) is 68.8 cm³/mol. The van der Waals surface area contributed by atoms with Gasteiger partial charge < -0.3 is 4.74 Å². The molecule has 19 heavy (non-hydrogen) atoms. The van der Waals surface area contributed by atoms with Gasteiger partial charge in [-0.2, -0.15) is 5.10 Å². The lowest BCUT2D eigenvalue weighted by Gasteiger charge is -2.08. The number of aromatic nitrogens is 2. The molecule has 4 nitrogen and oxygen atoms in total. The number of carbonyl (C=O) groups excluding carboxylic acids is 1. The van der Waals surface area contributed by atoms with E-state index in [4.69, 9.17) is 4.74 Å². The zero-order valence-corrected chi connectivity index (χ0v) is 10.9. The normalized spacial score (nSPS) is 10.5. The molecule has 5 heteroatoms. The summed E-state index contributed by atoms with van der Waals surface area (Å²) in [5.41, 5.74) is 1.36. The summed E-state index contributed by atoms with van der Waals surface area (Å²) in [6, 6.07) is 6.13. The number of ketones is 1. The summed E-state index contributed by atoms with van der Waals surface area (Å²) in [5.74, 6) is -0.523. The van der Waals surface area contributed by atoms with E-state index in [-0.39, 0.29) is 11.5 Å². The van der Waals surface area contributed by atoms with E-state index < -0.39 is 5.82 Å². The van der Waals surface area contributed by atoms with Crippen molar-refractivity contribution >= 4 is 5.78 Å². The van der Waals surface area contributed by atoms with Gasteiger partial charge in [0.15, 0.2) is 17.3 Å². The molecule has 2 rings (SSSR count). The van der Waals surface area contributed by atoms with Crippen molar-refractivity contribution in [2.24, 2.45) is 7.05 Å². The highest BCUT2D eigenvalue weighted by molar-refractivity contribution is 5.94. The minimum absolute atomic E-state index is 0.159. The van der Waals surface area contributed by atoms with E-state index in [0.717, 1.165) is 5.69 Å². The minimum Gasteiger partial charge on any atom is -0.490 e. The minimum atomic E-state index is -0.516. The smallest absolute Gasteiger partial charge is 0.165 e. The molecule has 0 saturated carbocycles. The van der Waals surface area contributed by atoms with Gasteiger partial charge >= 0.3 is 0 Å². The molecule has 1 aromatic carbocycles. The van der Waals surface area contributed by atoms with E-state index >= 15 is 0 Å². The zero-order chi connectivity index (χ0) is 13.8. The largest absolute Gasteiger partial charge is 0.490 e. The van der Waals surface area contributed by atoms with Gasteiger partial charge in [0.25, 0.3) is 0 Å². The van der Waals surface area contributed by atoms with Gasteiger partial charge in [0.05, 0.1) is 6.61 Å². The second-order valence-corrected chi connectivity index (χ2v) is 4.25. The van der Waals surface area contributed by atoms with Gasteiger partial charge in [0.1, 0.15) is 0 Å². The van der Waals surface area contributed by atoms with Crippen molar-refractivity contribution in [3.8, 4) is 5.75 Å². The molecule has 0 saturated heterocycles.